The van der Waals surface area contributed by atoms with Crippen LogP contribution in [0.5, 0.6) is 0 Å². The van der Waals surface area contributed by atoms with Crippen molar-refractivity contribution in [2.24, 2.45) is 0 Å². The van der Waals surface area contributed by atoms with Crippen LogP contribution in [0.2, 0.25) is 0 Å². The molecule has 0 bridgehead atoms. The van der Waals surface area contributed by atoms with Crippen molar-refractivity contribution in [3.63, 3.8) is 0 Å². The molecule has 106 valence electrons. The van der Waals surface area contributed by atoms with Crippen LogP contribution >= 0.6 is 11.9 Å². The SMILES string of the molecule is CNC1CCN(SCc2cccc(N)c2)C(C)(C)C1. The molecule has 1 aromatic carbocycles. The molecule has 1 aromatic rings. The summed E-state index contributed by atoms with van der Waals surface area (Å²) in [5.74, 6) is 0.999. The summed E-state index contributed by atoms with van der Waals surface area (Å²) in [4.78, 5) is 0. The molecule has 1 fully saturated rings. The van der Waals surface area contributed by atoms with Crippen LogP contribution in [-0.2, 0) is 5.75 Å². The molecule has 1 aliphatic rings. The molecular formula is C15H25N3S. The van der Waals surface area contributed by atoms with Crippen LogP contribution in [0.15, 0.2) is 24.3 Å². The number of nitrogens with two attached hydrogens (primary N) is 1. The summed E-state index contributed by atoms with van der Waals surface area (Å²) in [7, 11) is 2.07. The molecule has 1 aliphatic heterocycles. The van der Waals surface area contributed by atoms with Gasteiger partial charge in [-0.25, -0.2) is 4.31 Å². The van der Waals surface area contributed by atoms with Gasteiger partial charge in [-0.05, 0) is 51.4 Å². The van der Waals surface area contributed by atoms with E-state index in [-0.39, 0.29) is 5.54 Å². The van der Waals surface area contributed by atoms with Gasteiger partial charge in [0.2, 0.25) is 0 Å². The maximum absolute atomic E-state index is 5.83. The number of benzene rings is 1. The second-order valence-corrected chi connectivity index (χ2v) is 6.90. The van der Waals surface area contributed by atoms with Gasteiger partial charge in [-0.2, -0.15) is 0 Å². The topological polar surface area (TPSA) is 41.3 Å². The van der Waals surface area contributed by atoms with Gasteiger partial charge < -0.3 is 11.1 Å². The first-order chi connectivity index (χ1) is 9.01. The van der Waals surface area contributed by atoms with Crippen LogP contribution in [-0.4, -0.2) is 29.5 Å². The second kappa shape index (κ2) is 6.16. The van der Waals surface area contributed by atoms with Gasteiger partial charge in [0, 0.05) is 29.6 Å². The fourth-order valence-corrected chi connectivity index (χ4v) is 3.85. The largest absolute Gasteiger partial charge is 0.399 e. The molecule has 3 N–H and O–H groups in total. The predicted octanol–water partition coefficient (Wildman–Crippen LogP) is 2.88. The number of piperidine rings is 1. The first-order valence-electron chi connectivity index (χ1n) is 6.93. The third kappa shape index (κ3) is 3.88. The predicted molar refractivity (Wildman–Crippen MR) is 85.0 cm³/mol. The van der Waals surface area contributed by atoms with Gasteiger partial charge in [0.15, 0.2) is 0 Å². The van der Waals surface area contributed by atoms with Crippen LogP contribution in [0.4, 0.5) is 5.69 Å². The minimum atomic E-state index is 0.247. The summed E-state index contributed by atoms with van der Waals surface area (Å²) in [6.07, 6.45) is 2.43. The van der Waals surface area contributed by atoms with Crippen molar-refractivity contribution in [3.8, 4) is 0 Å². The van der Waals surface area contributed by atoms with E-state index < -0.39 is 0 Å². The third-order valence-electron chi connectivity index (χ3n) is 3.85. The highest BCUT2D eigenvalue weighted by Crippen LogP contribution is 2.34. The van der Waals surface area contributed by atoms with E-state index in [1.54, 1.807) is 0 Å². The van der Waals surface area contributed by atoms with E-state index in [2.05, 4.69) is 42.6 Å². The molecule has 0 aromatic heterocycles. The fraction of sp³-hybridized carbons (Fsp3) is 0.600. The minimum absolute atomic E-state index is 0.247. The Bertz CT molecular complexity index is 420. The van der Waals surface area contributed by atoms with E-state index in [9.17, 15) is 0 Å². The zero-order valence-electron chi connectivity index (χ0n) is 12.1. The van der Waals surface area contributed by atoms with E-state index in [1.807, 2.05) is 24.1 Å². The molecule has 0 radical (unpaired) electrons. The molecule has 19 heavy (non-hydrogen) atoms. The number of anilines is 1. The lowest BCUT2D eigenvalue weighted by atomic mass is 9.89. The first-order valence-corrected chi connectivity index (χ1v) is 7.88. The summed E-state index contributed by atoms with van der Waals surface area (Å²) < 4.78 is 2.53. The summed E-state index contributed by atoms with van der Waals surface area (Å²) in [6.45, 7) is 5.82. The van der Waals surface area contributed by atoms with Crippen molar-refractivity contribution in [1.29, 1.82) is 0 Å². The molecule has 4 heteroatoms. The molecule has 1 unspecified atom stereocenters. The standard InChI is InChI=1S/C15H25N3S/c1-15(2)10-14(17-3)7-8-18(15)19-11-12-5-4-6-13(16)9-12/h4-6,9,14,17H,7-8,10-11,16H2,1-3H3. The normalized spacial score (nSPS) is 23.4. The molecule has 2 rings (SSSR count). The van der Waals surface area contributed by atoms with Crippen LogP contribution in [0, 0.1) is 0 Å². The Labute approximate surface area is 121 Å². The van der Waals surface area contributed by atoms with Gasteiger partial charge >= 0.3 is 0 Å². The Kier molecular flexibility index (Phi) is 4.76. The monoisotopic (exact) mass is 279 g/mol. The fourth-order valence-electron chi connectivity index (χ4n) is 2.70. The van der Waals surface area contributed by atoms with Gasteiger partial charge in [-0.15, -0.1) is 0 Å². The van der Waals surface area contributed by atoms with Crippen molar-refractivity contribution in [2.45, 2.75) is 44.0 Å². The van der Waals surface area contributed by atoms with Gasteiger partial charge in [-0.1, -0.05) is 24.1 Å². The number of nitrogens with zero attached hydrogens (tertiary/aromatic N) is 1. The number of rotatable bonds is 4. The second-order valence-electron chi connectivity index (χ2n) is 5.91. The van der Waals surface area contributed by atoms with Gasteiger partial charge in [0.1, 0.15) is 0 Å². The quantitative estimate of drug-likeness (QED) is 0.657. The molecule has 0 spiro atoms. The Hall–Kier alpha value is -0.710. The van der Waals surface area contributed by atoms with Crippen LogP contribution in [0.1, 0.15) is 32.3 Å². The van der Waals surface area contributed by atoms with Crippen molar-refractivity contribution in [3.05, 3.63) is 29.8 Å². The molecule has 0 saturated carbocycles. The molecule has 0 amide bonds. The van der Waals surface area contributed by atoms with E-state index in [4.69, 9.17) is 5.73 Å². The van der Waals surface area contributed by atoms with E-state index in [1.165, 1.54) is 18.4 Å². The van der Waals surface area contributed by atoms with Crippen molar-refractivity contribution >= 4 is 17.6 Å². The summed E-state index contributed by atoms with van der Waals surface area (Å²) in [5, 5.41) is 3.41. The number of nitrogen functional groups attached to an aromatic ring is 1. The number of hydrogen-bond donors (Lipinski definition) is 2. The number of hydrogen-bond acceptors (Lipinski definition) is 4. The molecule has 1 heterocycles. The maximum Gasteiger partial charge on any atom is 0.0333 e. The average Bonchev–Trinajstić information content (AvgIpc) is 2.36. The third-order valence-corrected chi connectivity index (χ3v) is 5.30. The highest BCUT2D eigenvalue weighted by atomic mass is 32.2. The summed E-state index contributed by atoms with van der Waals surface area (Å²) in [5.41, 5.74) is 8.23. The molecule has 1 saturated heterocycles. The Morgan fingerprint density at radius 2 is 2.26 bits per heavy atom. The lowest BCUT2D eigenvalue weighted by Gasteiger charge is -2.44. The number of nitrogens with one attached hydrogen (secondary N) is 1. The lowest BCUT2D eigenvalue weighted by molar-refractivity contribution is 0.157. The minimum Gasteiger partial charge on any atom is -0.399 e. The Morgan fingerprint density at radius 3 is 2.89 bits per heavy atom. The highest BCUT2D eigenvalue weighted by molar-refractivity contribution is 7.96. The highest BCUT2D eigenvalue weighted by Gasteiger charge is 2.34. The lowest BCUT2D eigenvalue weighted by Crippen LogP contribution is -2.51. The Balaban J connectivity index is 1.92. The zero-order chi connectivity index (χ0) is 13.9. The van der Waals surface area contributed by atoms with Gasteiger partial charge in [0.25, 0.3) is 0 Å². The smallest absolute Gasteiger partial charge is 0.0333 e. The summed E-state index contributed by atoms with van der Waals surface area (Å²) in [6, 6.07) is 8.84. The van der Waals surface area contributed by atoms with Crippen LogP contribution in [0.3, 0.4) is 0 Å². The maximum atomic E-state index is 5.83. The van der Waals surface area contributed by atoms with Crippen molar-refractivity contribution in [2.75, 3.05) is 19.3 Å². The van der Waals surface area contributed by atoms with Crippen molar-refractivity contribution in [1.82, 2.24) is 9.62 Å². The van der Waals surface area contributed by atoms with E-state index in [0.717, 1.165) is 18.0 Å². The van der Waals surface area contributed by atoms with E-state index in [0.29, 0.717) is 6.04 Å². The first kappa shape index (κ1) is 14.7. The zero-order valence-corrected chi connectivity index (χ0v) is 13.0. The Morgan fingerprint density at radius 1 is 1.47 bits per heavy atom. The van der Waals surface area contributed by atoms with Crippen LogP contribution in [0.25, 0.3) is 0 Å². The summed E-state index contributed by atoms with van der Waals surface area (Å²) >= 11 is 1.93. The average molecular weight is 279 g/mol. The van der Waals surface area contributed by atoms with Gasteiger partial charge in [0.05, 0.1) is 0 Å². The molecule has 1 atom stereocenters. The van der Waals surface area contributed by atoms with Gasteiger partial charge in [-0.3, -0.25) is 0 Å². The van der Waals surface area contributed by atoms with Crippen LogP contribution < -0.4 is 11.1 Å². The molecular weight excluding hydrogens is 254 g/mol. The molecule has 3 nitrogen and oxygen atoms in total. The van der Waals surface area contributed by atoms with E-state index >= 15 is 0 Å². The molecule has 0 aliphatic carbocycles. The van der Waals surface area contributed by atoms with Crippen molar-refractivity contribution < 1.29 is 0 Å².